The van der Waals surface area contributed by atoms with Crippen molar-refractivity contribution in [2.45, 2.75) is 91.3 Å². The average Bonchev–Trinajstić information content (AvgIpc) is 2.23. The largest absolute Gasteiger partial charge is 0.350 e. The number of carbonyl (C=O) groups excluding carboxylic acids is 1. The Kier molecular flexibility index (Phi) is 8.25. The van der Waals surface area contributed by atoms with Crippen molar-refractivity contribution >= 4 is 5.91 Å². The smallest absolute Gasteiger partial charge is 0.237 e. The highest BCUT2D eigenvalue weighted by molar-refractivity contribution is 5.81. The van der Waals surface area contributed by atoms with E-state index in [1.54, 1.807) is 0 Å². The van der Waals surface area contributed by atoms with Gasteiger partial charge in [0.2, 0.25) is 5.91 Å². The van der Waals surface area contributed by atoms with Gasteiger partial charge in [-0.15, -0.1) is 0 Å². The van der Waals surface area contributed by atoms with Gasteiger partial charge in [0.1, 0.15) is 0 Å². The van der Waals surface area contributed by atoms with Gasteiger partial charge in [-0.2, -0.15) is 0 Å². The van der Waals surface area contributed by atoms with Gasteiger partial charge in [0.25, 0.3) is 0 Å². The Morgan fingerprint density at radius 1 is 1.11 bits per heavy atom. The van der Waals surface area contributed by atoms with E-state index in [4.69, 9.17) is 0 Å². The van der Waals surface area contributed by atoms with Gasteiger partial charge < -0.3 is 10.6 Å². The van der Waals surface area contributed by atoms with Gasteiger partial charge in [-0.1, -0.05) is 33.1 Å². The lowest BCUT2D eigenvalue weighted by atomic mass is 10.0. The first-order valence-corrected chi connectivity index (χ1v) is 7.38. The van der Waals surface area contributed by atoms with Crippen LogP contribution in [0.3, 0.4) is 0 Å². The fourth-order valence-electron chi connectivity index (χ4n) is 2.02. The van der Waals surface area contributed by atoms with Crippen LogP contribution in [0.15, 0.2) is 0 Å². The van der Waals surface area contributed by atoms with E-state index >= 15 is 0 Å². The molecule has 0 radical (unpaired) electrons. The molecule has 1 amide bonds. The van der Waals surface area contributed by atoms with Crippen molar-refractivity contribution in [1.82, 2.24) is 10.6 Å². The molecule has 18 heavy (non-hydrogen) atoms. The summed E-state index contributed by atoms with van der Waals surface area (Å²) in [6, 6.07) is 0.355. The van der Waals surface area contributed by atoms with E-state index in [0.717, 1.165) is 19.3 Å². The monoisotopic (exact) mass is 256 g/mol. The second-order valence-electron chi connectivity index (χ2n) is 6.26. The van der Waals surface area contributed by atoms with Crippen LogP contribution in [-0.4, -0.2) is 23.5 Å². The molecule has 2 atom stereocenters. The summed E-state index contributed by atoms with van der Waals surface area (Å²) in [5.74, 6) is 0.0973. The first-order valence-electron chi connectivity index (χ1n) is 7.38. The van der Waals surface area contributed by atoms with Gasteiger partial charge in [0.15, 0.2) is 0 Å². The molecule has 2 N–H and O–H groups in total. The van der Waals surface area contributed by atoms with Gasteiger partial charge in [-0.05, 0) is 40.5 Å². The molecule has 0 aromatic carbocycles. The fraction of sp³-hybridized carbons (Fsp3) is 0.933. The zero-order valence-corrected chi connectivity index (χ0v) is 13.1. The van der Waals surface area contributed by atoms with Crippen LogP contribution in [0, 0.1) is 0 Å². The Labute approximate surface area is 113 Å². The third kappa shape index (κ3) is 8.51. The van der Waals surface area contributed by atoms with Crippen LogP contribution in [0.1, 0.15) is 73.6 Å². The zero-order chi connectivity index (χ0) is 14.2. The van der Waals surface area contributed by atoms with Gasteiger partial charge in [0.05, 0.1) is 6.04 Å². The van der Waals surface area contributed by atoms with Crippen molar-refractivity contribution < 1.29 is 4.79 Å². The molecule has 2 unspecified atom stereocenters. The van der Waals surface area contributed by atoms with E-state index in [1.807, 2.05) is 27.7 Å². The molecule has 0 heterocycles. The second-order valence-corrected chi connectivity index (χ2v) is 6.26. The standard InChI is InChI=1S/C15H32N2O/c1-7-9-11-13(10-8-2)16-12(3)14(18)17-15(4,5)6/h12-13,16H,7-11H2,1-6H3,(H,17,18). The number of rotatable bonds is 8. The summed E-state index contributed by atoms with van der Waals surface area (Å²) in [6.07, 6.45) is 5.91. The van der Waals surface area contributed by atoms with Crippen LogP contribution in [-0.2, 0) is 4.79 Å². The number of hydrogen-bond acceptors (Lipinski definition) is 2. The predicted molar refractivity (Wildman–Crippen MR) is 78.7 cm³/mol. The molecule has 0 aliphatic heterocycles. The second kappa shape index (κ2) is 8.52. The Morgan fingerprint density at radius 2 is 1.72 bits per heavy atom. The van der Waals surface area contributed by atoms with Crippen molar-refractivity contribution in [3.05, 3.63) is 0 Å². The van der Waals surface area contributed by atoms with Crippen LogP contribution < -0.4 is 10.6 Å². The minimum absolute atomic E-state index is 0.0973. The van der Waals surface area contributed by atoms with Crippen molar-refractivity contribution in [2.24, 2.45) is 0 Å². The molecule has 0 rings (SSSR count). The lowest BCUT2D eigenvalue weighted by Gasteiger charge is -2.27. The summed E-state index contributed by atoms with van der Waals surface area (Å²) >= 11 is 0. The van der Waals surface area contributed by atoms with Gasteiger partial charge in [0, 0.05) is 11.6 Å². The molecular formula is C15H32N2O. The molecular weight excluding hydrogens is 224 g/mol. The topological polar surface area (TPSA) is 41.1 Å². The van der Waals surface area contributed by atoms with Crippen LogP contribution in [0.25, 0.3) is 0 Å². The van der Waals surface area contributed by atoms with Crippen LogP contribution >= 0.6 is 0 Å². The number of nitrogens with one attached hydrogen (secondary N) is 2. The van der Waals surface area contributed by atoms with E-state index in [1.165, 1.54) is 12.8 Å². The van der Waals surface area contributed by atoms with E-state index in [2.05, 4.69) is 24.5 Å². The van der Waals surface area contributed by atoms with E-state index in [0.29, 0.717) is 6.04 Å². The van der Waals surface area contributed by atoms with Gasteiger partial charge in [-0.3, -0.25) is 4.79 Å². The SMILES string of the molecule is CCCCC(CCC)NC(C)C(=O)NC(C)(C)C. The summed E-state index contributed by atoms with van der Waals surface area (Å²) < 4.78 is 0. The quantitative estimate of drug-likeness (QED) is 0.700. The number of unbranched alkanes of at least 4 members (excludes halogenated alkanes) is 1. The van der Waals surface area contributed by atoms with Gasteiger partial charge >= 0.3 is 0 Å². The molecule has 0 aromatic rings. The number of hydrogen-bond donors (Lipinski definition) is 2. The molecule has 0 fully saturated rings. The molecule has 108 valence electrons. The molecule has 0 saturated carbocycles. The third-order valence-corrected chi connectivity index (χ3v) is 2.92. The third-order valence-electron chi connectivity index (χ3n) is 2.92. The van der Waals surface area contributed by atoms with Crippen molar-refractivity contribution in [3.8, 4) is 0 Å². The van der Waals surface area contributed by atoms with E-state index in [9.17, 15) is 4.79 Å². The van der Waals surface area contributed by atoms with Crippen molar-refractivity contribution in [1.29, 1.82) is 0 Å². The predicted octanol–water partition coefficient (Wildman–Crippen LogP) is 3.24. The molecule has 0 spiro atoms. The minimum Gasteiger partial charge on any atom is -0.350 e. The zero-order valence-electron chi connectivity index (χ0n) is 13.1. The molecule has 0 aliphatic carbocycles. The summed E-state index contributed by atoms with van der Waals surface area (Å²) in [4.78, 5) is 12.0. The first kappa shape index (κ1) is 17.4. The van der Waals surface area contributed by atoms with E-state index in [-0.39, 0.29) is 17.5 Å². The van der Waals surface area contributed by atoms with Crippen molar-refractivity contribution in [3.63, 3.8) is 0 Å². The minimum atomic E-state index is -0.156. The summed E-state index contributed by atoms with van der Waals surface area (Å²) in [6.45, 7) is 12.4. The Hall–Kier alpha value is -0.570. The Bertz CT molecular complexity index is 233. The lowest BCUT2D eigenvalue weighted by molar-refractivity contribution is -0.124. The maximum Gasteiger partial charge on any atom is 0.237 e. The highest BCUT2D eigenvalue weighted by Crippen LogP contribution is 2.08. The maximum atomic E-state index is 12.0. The highest BCUT2D eigenvalue weighted by atomic mass is 16.2. The molecule has 3 heteroatoms. The lowest BCUT2D eigenvalue weighted by Crippen LogP contribution is -2.51. The number of carbonyl (C=O) groups is 1. The highest BCUT2D eigenvalue weighted by Gasteiger charge is 2.21. The molecule has 0 aromatic heterocycles. The Morgan fingerprint density at radius 3 is 2.17 bits per heavy atom. The number of amides is 1. The average molecular weight is 256 g/mol. The van der Waals surface area contributed by atoms with Crippen LogP contribution in [0.4, 0.5) is 0 Å². The molecule has 3 nitrogen and oxygen atoms in total. The summed E-state index contributed by atoms with van der Waals surface area (Å²) in [5, 5.41) is 6.48. The van der Waals surface area contributed by atoms with Crippen LogP contribution in [0.5, 0.6) is 0 Å². The van der Waals surface area contributed by atoms with E-state index < -0.39 is 0 Å². The fourth-order valence-corrected chi connectivity index (χ4v) is 2.02. The Balaban J connectivity index is 4.22. The van der Waals surface area contributed by atoms with Gasteiger partial charge in [-0.25, -0.2) is 0 Å². The maximum absolute atomic E-state index is 12.0. The van der Waals surface area contributed by atoms with Crippen molar-refractivity contribution in [2.75, 3.05) is 0 Å². The molecule has 0 saturated heterocycles. The molecule has 0 bridgehead atoms. The molecule has 0 aliphatic rings. The summed E-state index contributed by atoms with van der Waals surface area (Å²) in [5.41, 5.74) is -0.156. The van der Waals surface area contributed by atoms with Crippen LogP contribution in [0.2, 0.25) is 0 Å². The first-order chi connectivity index (χ1) is 8.30. The summed E-state index contributed by atoms with van der Waals surface area (Å²) in [7, 11) is 0. The normalized spacial score (nSPS) is 15.2.